The van der Waals surface area contributed by atoms with Crippen LogP contribution in [0.2, 0.25) is 0 Å². The lowest BCUT2D eigenvalue weighted by Crippen LogP contribution is -2.42. The number of hydrazone groups is 1. The molecule has 0 atom stereocenters. The number of fused-ring (bicyclic) bond motifs is 1. The minimum atomic E-state index is -0.361. The highest BCUT2D eigenvalue weighted by atomic mass is 16.2. The summed E-state index contributed by atoms with van der Waals surface area (Å²) in [6.45, 7) is 11.3. The fraction of sp³-hybridized carbons (Fsp3) is 0.647. The molecule has 0 radical (unpaired) electrons. The molecular weight excluding hydrogens is 290 g/mol. The molecule has 6 nitrogen and oxygen atoms in total. The first kappa shape index (κ1) is 17.4. The molecule has 0 bridgehead atoms. The van der Waals surface area contributed by atoms with E-state index in [1.807, 2.05) is 31.7 Å². The summed E-state index contributed by atoms with van der Waals surface area (Å²) in [5.41, 5.74) is 5.74. The Balaban J connectivity index is 2.14. The molecular formula is C17H27N5O. The van der Waals surface area contributed by atoms with Gasteiger partial charge in [-0.3, -0.25) is 10.2 Å². The summed E-state index contributed by atoms with van der Waals surface area (Å²) in [5.74, 6) is 0.806. The summed E-state index contributed by atoms with van der Waals surface area (Å²) in [7, 11) is 0. The fourth-order valence-corrected chi connectivity index (χ4v) is 2.58. The number of aromatic nitrogens is 2. The van der Waals surface area contributed by atoms with E-state index in [4.69, 9.17) is 0 Å². The minimum absolute atomic E-state index is 0.173. The van der Waals surface area contributed by atoms with Crippen LogP contribution in [0, 0.1) is 5.41 Å². The molecule has 0 aromatic carbocycles. The van der Waals surface area contributed by atoms with Gasteiger partial charge < -0.3 is 4.90 Å². The zero-order valence-corrected chi connectivity index (χ0v) is 14.8. The lowest BCUT2D eigenvalue weighted by Gasteiger charge is -2.33. The van der Waals surface area contributed by atoms with Crippen LogP contribution in [0.25, 0.3) is 0 Å². The van der Waals surface area contributed by atoms with Crippen molar-refractivity contribution in [3.63, 3.8) is 0 Å². The van der Waals surface area contributed by atoms with E-state index in [0.717, 1.165) is 36.2 Å². The predicted molar refractivity (Wildman–Crippen MR) is 92.2 cm³/mol. The summed E-state index contributed by atoms with van der Waals surface area (Å²) in [5, 5.41) is 12.8. The van der Waals surface area contributed by atoms with Gasteiger partial charge in [0, 0.05) is 30.6 Å². The molecule has 23 heavy (non-hydrogen) atoms. The van der Waals surface area contributed by atoms with Crippen LogP contribution in [0.3, 0.4) is 0 Å². The average Bonchev–Trinajstić information content (AvgIpc) is 2.53. The predicted octanol–water partition coefficient (Wildman–Crippen LogP) is 3.00. The van der Waals surface area contributed by atoms with E-state index in [1.165, 1.54) is 0 Å². The summed E-state index contributed by atoms with van der Waals surface area (Å²) in [6, 6.07) is 1.96. The molecule has 2 rings (SSSR count). The summed E-state index contributed by atoms with van der Waals surface area (Å²) in [4.78, 5) is 14.4. The van der Waals surface area contributed by atoms with E-state index < -0.39 is 0 Å². The summed E-state index contributed by atoms with van der Waals surface area (Å²) in [6.07, 6.45) is 2.58. The number of carbonyl (C=O) groups excluding carboxylic acids is 1. The molecule has 0 spiro atoms. The number of nitrogens with zero attached hydrogens (tertiary/aromatic N) is 4. The van der Waals surface area contributed by atoms with Crippen LogP contribution in [0.4, 0.5) is 5.82 Å². The molecule has 1 aliphatic heterocycles. The van der Waals surface area contributed by atoms with Gasteiger partial charge in [0.1, 0.15) is 0 Å². The Kier molecular flexibility index (Phi) is 5.34. The molecule has 0 saturated carbocycles. The van der Waals surface area contributed by atoms with Gasteiger partial charge in [-0.25, -0.2) is 0 Å². The first-order valence-corrected chi connectivity index (χ1v) is 8.31. The quantitative estimate of drug-likeness (QED) is 0.684. The topological polar surface area (TPSA) is 70.5 Å². The third-order valence-electron chi connectivity index (χ3n) is 4.01. The van der Waals surface area contributed by atoms with Crippen LogP contribution in [0.5, 0.6) is 0 Å². The highest BCUT2D eigenvalue weighted by Gasteiger charge is 2.30. The third-order valence-corrected chi connectivity index (χ3v) is 4.01. The molecule has 1 aromatic rings. The van der Waals surface area contributed by atoms with E-state index in [1.54, 1.807) is 0 Å². The first-order valence-electron chi connectivity index (χ1n) is 8.31. The molecule has 0 saturated heterocycles. The van der Waals surface area contributed by atoms with Crippen molar-refractivity contribution < 1.29 is 4.79 Å². The van der Waals surface area contributed by atoms with Crippen molar-refractivity contribution in [1.29, 1.82) is 0 Å². The lowest BCUT2D eigenvalue weighted by atomic mass is 9.93. The Morgan fingerprint density at radius 2 is 2.00 bits per heavy atom. The van der Waals surface area contributed by atoms with Gasteiger partial charge in [0.05, 0.1) is 5.69 Å². The van der Waals surface area contributed by atoms with Gasteiger partial charge in [0.15, 0.2) is 5.82 Å². The van der Waals surface area contributed by atoms with E-state index in [-0.39, 0.29) is 11.3 Å². The van der Waals surface area contributed by atoms with Gasteiger partial charge in [0.2, 0.25) is 5.91 Å². The third kappa shape index (κ3) is 4.27. The normalized spacial score (nSPS) is 14.2. The van der Waals surface area contributed by atoms with Gasteiger partial charge in [-0.2, -0.15) is 10.2 Å². The molecule has 1 N–H and O–H groups in total. The number of hydrogen-bond donors (Lipinski definition) is 1. The second-order valence-electron chi connectivity index (χ2n) is 6.93. The molecule has 0 aliphatic carbocycles. The van der Waals surface area contributed by atoms with Gasteiger partial charge >= 0.3 is 0 Å². The zero-order valence-electron chi connectivity index (χ0n) is 14.8. The van der Waals surface area contributed by atoms with Crippen molar-refractivity contribution in [3.05, 3.63) is 17.3 Å². The molecule has 1 aromatic heterocycles. The second kappa shape index (κ2) is 7.06. The number of rotatable bonds is 4. The minimum Gasteiger partial charge on any atom is -0.337 e. The number of amides is 1. The first-order chi connectivity index (χ1) is 10.8. The molecule has 1 amide bonds. The van der Waals surface area contributed by atoms with Crippen LogP contribution in [-0.2, 0) is 17.8 Å². The van der Waals surface area contributed by atoms with Crippen LogP contribution in [0.15, 0.2) is 11.2 Å². The van der Waals surface area contributed by atoms with E-state index >= 15 is 0 Å². The second-order valence-corrected chi connectivity index (χ2v) is 6.93. The van der Waals surface area contributed by atoms with Crippen molar-refractivity contribution >= 4 is 17.4 Å². The van der Waals surface area contributed by atoms with E-state index in [2.05, 4.69) is 34.6 Å². The van der Waals surface area contributed by atoms with Crippen molar-refractivity contribution in [1.82, 2.24) is 15.1 Å². The van der Waals surface area contributed by atoms with Gasteiger partial charge in [0.25, 0.3) is 0 Å². The van der Waals surface area contributed by atoms with Crippen molar-refractivity contribution in [3.8, 4) is 0 Å². The number of carbonyl (C=O) groups is 1. The largest absolute Gasteiger partial charge is 0.337 e. The Hall–Kier alpha value is -1.98. The summed E-state index contributed by atoms with van der Waals surface area (Å²) >= 11 is 0. The van der Waals surface area contributed by atoms with Crippen LogP contribution >= 0.6 is 0 Å². The van der Waals surface area contributed by atoms with Crippen LogP contribution in [0.1, 0.15) is 58.7 Å². The standard InChI is InChI=1S/C17H27N5O/c1-6-13(7-2)18-20-15-10-12-11-22(16(23)17(3,4)5)9-8-14(12)19-21-15/h10H,6-9,11H2,1-5H3,(H,20,21). The maximum atomic E-state index is 12.5. The van der Waals surface area contributed by atoms with Gasteiger partial charge in [-0.05, 0) is 24.5 Å². The maximum Gasteiger partial charge on any atom is 0.228 e. The molecule has 126 valence electrons. The Morgan fingerprint density at radius 1 is 1.30 bits per heavy atom. The van der Waals surface area contributed by atoms with Gasteiger partial charge in [-0.1, -0.05) is 34.6 Å². The molecule has 0 fully saturated rings. The number of hydrogen-bond acceptors (Lipinski definition) is 5. The molecule has 6 heteroatoms. The Morgan fingerprint density at radius 3 is 2.61 bits per heavy atom. The van der Waals surface area contributed by atoms with Crippen LogP contribution < -0.4 is 5.43 Å². The molecule has 1 aliphatic rings. The monoisotopic (exact) mass is 317 g/mol. The summed E-state index contributed by atoms with van der Waals surface area (Å²) < 4.78 is 0. The number of nitrogens with one attached hydrogen (secondary N) is 1. The molecule has 2 heterocycles. The SMILES string of the molecule is CCC(CC)=NNc1cc2c(nn1)CCN(C(=O)C(C)(C)C)C2. The average molecular weight is 317 g/mol. The zero-order chi connectivity index (χ0) is 17.0. The molecule has 0 unspecified atom stereocenters. The Bertz CT molecular complexity index is 597. The fourth-order valence-electron chi connectivity index (χ4n) is 2.58. The highest BCUT2D eigenvalue weighted by molar-refractivity contribution is 5.84. The van der Waals surface area contributed by atoms with E-state index in [9.17, 15) is 4.79 Å². The van der Waals surface area contributed by atoms with Crippen molar-refractivity contribution in [2.24, 2.45) is 10.5 Å². The van der Waals surface area contributed by atoms with Gasteiger partial charge in [-0.15, -0.1) is 5.10 Å². The Labute approximate surface area is 138 Å². The van der Waals surface area contributed by atoms with Crippen molar-refractivity contribution in [2.45, 2.75) is 60.4 Å². The van der Waals surface area contributed by atoms with Crippen LogP contribution in [-0.4, -0.2) is 33.3 Å². The van der Waals surface area contributed by atoms with Crippen molar-refractivity contribution in [2.75, 3.05) is 12.0 Å². The number of anilines is 1. The maximum absolute atomic E-state index is 12.5. The smallest absolute Gasteiger partial charge is 0.228 e. The highest BCUT2D eigenvalue weighted by Crippen LogP contribution is 2.24. The lowest BCUT2D eigenvalue weighted by molar-refractivity contribution is -0.140. The van der Waals surface area contributed by atoms with E-state index in [0.29, 0.717) is 18.9 Å².